The Hall–Kier alpha value is -3.22. The summed E-state index contributed by atoms with van der Waals surface area (Å²) >= 11 is 0. The van der Waals surface area contributed by atoms with Gasteiger partial charge in [0.25, 0.3) is 5.92 Å². The summed E-state index contributed by atoms with van der Waals surface area (Å²) in [6.07, 6.45) is 6.22. The Balaban J connectivity index is 0.000000272. The van der Waals surface area contributed by atoms with Crippen LogP contribution in [0, 0.1) is 18.7 Å². The summed E-state index contributed by atoms with van der Waals surface area (Å²) in [7, 11) is 0. The zero-order chi connectivity index (χ0) is 23.5. The van der Waals surface area contributed by atoms with Crippen LogP contribution >= 0.6 is 0 Å². The van der Waals surface area contributed by atoms with E-state index in [4.69, 9.17) is 4.74 Å². The second-order valence-corrected chi connectivity index (χ2v) is 7.29. The highest BCUT2D eigenvalue weighted by molar-refractivity contribution is 5.57. The zero-order valence-corrected chi connectivity index (χ0v) is 16.7. The smallest absolute Gasteiger partial charge is 0.423 e. The van der Waals surface area contributed by atoms with Crippen LogP contribution in [0.15, 0.2) is 42.6 Å². The van der Waals surface area contributed by atoms with Gasteiger partial charge in [0.15, 0.2) is 5.65 Å². The molecule has 0 saturated heterocycles. The molecule has 0 radical (unpaired) electrons. The first-order chi connectivity index (χ1) is 15.2. The molecule has 2 aliphatic rings. The molecular formula is C22H19F6N3O. The van der Waals surface area contributed by atoms with Crippen LogP contribution in [-0.4, -0.2) is 26.6 Å². The van der Waals surface area contributed by atoms with E-state index in [2.05, 4.69) is 23.0 Å². The Kier molecular flexibility index (Phi) is 6.67. The van der Waals surface area contributed by atoms with Crippen LogP contribution in [0.1, 0.15) is 43.0 Å². The molecule has 2 fully saturated rings. The Bertz CT molecular complexity index is 1070. The number of ether oxygens (including phenoxy) is 1. The SMILES string of the molecule is C#C.FC(F)(F)c1c(OC2CCC2)ccn2c(C3CC3(F)F)nnc12.Fc1ccccc1. The molecule has 0 aliphatic heterocycles. The van der Waals surface area contributed by atoms with Crippen LogP contribution in [0.2, 0.25) is 0 Å². The van der Waals surface area contributed by atoms with Crippen LogP contribution in [-0.2, 0) is 6.18 Å². The molecule has 4 nitrogen and oxygen atoms in total. The first kappa shape index (κ1) is 23.4. The van der Waals surface area contributed by atoms with Gasteiger partial charge in [-0.3, -0.25) is 4.40 Å². The number of terminal acetylenes is 1. The summed E-state index contributed by atoms with van der Waals surface area (Å²) < 4.78 is 84.9. The lowest BCUT2D eigenvalue weighted by molar-refractivity contribution is -0.138. The van der Waals surface area contributed by atoms with Crippen molar-refractivity contribution in [1.82, 2.24) is 14.6 Å². The Morgan fingerprint density at radius 3 is 2.09 bits per heavy atom. The van der Waals surface area contributed by atoms with Crippen molar-refractivity contribution in [2.24, 2.45) is 0 Å². The molecule has 0 bridgehead atoms. The average Bonchev–Trinajstić information content (AvgIpc) is 3.15. The minimum atomic E-state index is -4.71. The quantitative estimate of drug-likeness (QED) is 0.366. The molecular weight excluding hydrogens is 436 g/mol. The van der Waals surface area contributed by atoms with Crippen molar-refractivity contribution in [1.29, 1.82) is 0 Å². The summed E-state index contributed by atoms with van der Waals surface area (Å²) in [6, 6.07) is 9.09. The number of alkyl halides is 5. The van der Waals surface area contributed by atoms with Gasteiger partial charge in [0.05, 0.1) is 12.0 Å². The zero-order valence-electron chi connectivity index (χ0n) is 16.7. The number of rotatable bonds is 3. The average molecular weight is 455 g/mol. The monoisotopic (exact) mass is 455 g/mol. The van der Waals surface area contributed by atoms with Gasteiger partial charge < -0.3 is 4.74 Å². The molecule has 2 heterocycles. The Labute approximate surface area is 180 Å². The van der Waals surface area contributed by atoms with E-state index in [0.29, 0.717) is 12.8 Å². The van der Waals surface area contributed by atoms with Crippen LogP contribution in [0.5, 0.6) is 5.75 Å². The predicted octanol–water partition coefficient (Wildman–Crippen LogP) is 5.88. The highest BCUT2D eigenvalue weighted by atomic mass is 19.4. The standard InChI is InChI=1S/C14H12F5N3O.C6H5F.C2H2/c15-13(16)6-8(13)11-20-21-12-10(14(17,18)19)9(4-5-22(11)12)23-7-2-1-3-7;7-6-4-2-1-3-5-6;1-2/h4-5,7-8H,1-3,6H2;1-5H;1-2H. The van der Waals surface area contributed by atoms with Crippen LogP contribution in [0.3, 0.4) is 0 Å². The lowest BCUT2D eigenvalue weighted by Crippen LogP contribution is -2.26. The molecule has 3 aromatic rings. The molecule has 10 heteroatoms. The van der Waals surface area contributed by atoms with Crippen molar-refractivity contribution in [3.8, 4) is 18.6 Å². The normalized spacial score (nSPS) is 19.1. The topological polar surface area (TPSA) is 39.4 Å². The molecule has 1 aromatic carbocycles. The molecule has 5 rings (SSSR count). The van der Waals surface area contributed by atoms with E-state index in [0.717, 1.165) is 16.9 Å². The van der Waals surface area contributed by atoms with Crippen molar-refractivity contribution >= 4 is 5.65 Å². The molecule has 2 aliphatic carbocycles. The van der Waals surface area contributed by atoms with Crippen molar-refractivity contribution in [2.45, 2.75) is 49.8 Å². The third kappa shape index (κ3) is 4.98. The van der Waals surface area contributed by atoms with Crippen molar-refractivity contribution < 1.29 is 31.1 Å². The van der Waals surface area contributed by atoms with Gasteiger partial charge in [-0.1, -0.05) is 18.2 Å². The highest BCUT2D eigenvalue weighted by Gasteiger charge is 2.60. The van der Waals surface area contributed by atoms with Gasteiger partial charge in [-0.05, 0) is 37.5 Å². The van der Waals surface area contributed by atoms with Crippen LogP contribution in [0.4, 0.5) is 26.3 Å². The molecule has 170 valence electrons. The highest BCUT2D eigenvalue weighted by Crippen LogP contribution is 2.55. The molecule has 1 atom stereocenters. The summed E-state index contributed by atoms with van der Waals surface area (Å²) in [6.45, 7) is 0. The summed E-state index contributed by atoms with van der Waals surface area (Å²) in [5, 5.41) is 7.06. The predicted molar refractivity (Wildman–Crippen MR) is 105 cm³/mol. The number of halogens is 6. The number of fused-ring (bicyclic) bond motifs is 1. The number of pyridine rings is 1. The fourth-order valence-corrected chi connectivity index (χ4v) is 3.14. The van der Waals surface area contributed by atoms with E-state index >= 15 is 0 Å². The van der Waals surface area contributed by atoms with Crippen molar-refractivity contribution in [3.63, 3.8) is 0 Å². The van der Waals surface area contributed by atoms with E-state index in [-0.39, 0.29) is 23.5 Å². The maximum absolute atomic E-state index is 13.4. The summed E-state index contributed by atoms with van der Waals surface area (Å²) in [4.78, 5) is 0. The van der Waals surface area contributed by atoms with Crippen LogP contribution in [0.25, 0.3) is 5.65 Å². The number of hydrogen-bond donors (Lipinski definition) is 0. The van der Waals surface area contributed by atoms with Gasteiger partial charge in [-0.2, -0.15) is 13.2 Å². The summed E-state index contributed by atoms with van der Waals surface area (Å²) in [5.74, 6) is -4.76. The maximum Gasteiger partial charge on any atom is 0.423 e. The van der Waals surface area contributed by atoms with Crippen molar-refractivity contribution in [3.05, 3.63) is 59.8 Å². The lowest BCUT2D eigenvalue weighted by atomic mass is 9.96. The number of aromatic nitrogens is 3. The number of nitrogens with zero attached hydrogens (tertiary/aromatic N) is 3. The minimum absolute atomic E-state index is 0.148. The largest absolute Gasteiger partial charge is 0.490 e. The van der Waals surface area contributed by atoms with Crippen LogP contribution < -0.4 is 4.74 Å². The first-order valence-corrected chi connectivity index (χ1v) is 9.70. The van der Waals surface area contributed by atoms with Crippen molar-refractivity contribution in [2.75, 3.05) is 0 Å². The van der Waals surface area contributed by atoms with Gasteiger partial charge in [0.2, 0.25) is 0 Å². The van der Waals surface area contributed by atoms with E-state index in [9.17, 15) is 26.3 Å². The van der Waals surface area contributed by atoms with Gasteiger partial charge in [-0.15, -0.1) is 23.0 Å². The molecule has 32 heavy (non-hydrogen) atoms. The summed E-state index contributed by atoms with van der Waals surface area (Å²) in [5.41, 5.74) is -1.55. The van der Waals surface area contributed by atoms with Gasteiger partial charge >= 0.3 is 6.18 Å². The molecule has 0 amide bonds. The van der Waals surface area contributed by atoms with E-state index in [1.54, 1.807) is 18.2 Å². The van der Waals surface area contributed by atoms with E-state index < -0.39 is 35.6 Å². The first-order valence-electron chi connectivity index (χ1n) is 9.70. The second-order valence-electron chi connectivity index (χ2n) is 7.29. The van der Waals surface area contributed by atoms with Gasteiger partial charge in [-0.25, -0.2) is 13.2 Å². The molecule has 2 aromatic heterocycles. The number of benzene rings is 1. The molecule has 2 saturated carbocycles. The molecule has 0 spiro atoms. The molecule has 0 N–H and O–H groups in total. The fraction of sp³-hybridized carbons (Fsp3) is 0.364. The van der Waals surface area contributed by atoms with Gasteiger partial charge in [0, 0.05) is 12.6 Å². The maximum atomic E-state index is 13.4. The lowest BCUT2D eigenvalue weighted by Gasteiger charge is -2.27. The second kappa shape index (κ2) is 9.10. The Morgan fingerprint density at radius 1 is 1.03 bits per heavy atom. The molecule has 1 unspecified atom stereocenters. The third-order valence-corrected chi connectivity index (χ3v) is 5.07. The Morgan fingerprint density at radius 2 is 1.66 bits per heavy atom. The minimum Gasteiger partial charge on any atom is -0.490 e. The van der Waals surface area contributed by atoms with E-state index in [1.165, 1.54) is 18.3 Å². The number of hydrogen-bond acceptors (Lipinski definition) is 3. The van der Waals surface area contributed by atoms with Gasteiger partial charge in [0.1, 0.15) is 23.0 Å². The fourth-order valence-electron chi connectivity index (χ4n) is 3.14. The van der Waals surface area contributed by atoms with E-state index in [1.807, 2.05) is 0 Å². The third-order valence-electron chi connectivity index (χ3n) is 5.07.